The van der Waals surface area contributed by atoms with Crippen molar-refractivity contribution in [3.05, 3.63) is 0 Å². The van der Waals surface area contributed by atoms with Crippen LogP contribution in [-0.4, -0.2) is 25.1 Å². The third-order valence-electron chi connectivity index (χ3n) is 2.50. The molecule has 0 radical (unpaired) electrons. The molecule has 1 aliphatic carbocycles. The van der Waals surface area contributed by atoms with Gasteiger partial charge in [-0.15, -0.1) is 0 Å². The number of guanidine groups is 1. The molecule has 1 saturated carbocycles. The molecule has 1 heterocycles. The standard InChI is InChI=1S/C8H15N3/c1-8(2)5-6(8)11-7-9-3-4-10-7/h6H,3-5H2,1-2H3,(H2,9,10,11). The van der Waals surface area contributed by atoms with E-state index in [0.29, 0.717) is 11.5 Å². The maximum Gasteiger partial charge on any atom is 0.191 e. The normalized spacial score (nSPS) is 32.5. The quantitative estimate of drug-likeness (QED) is 0.569. The number of nitrogens with zero attached hydrogens (tertiary/aromatic N) is 1. The molecule has 11 heavy (non-hydrogen) atoms. The molecule has 3 nitrogen and oxygen atoms in total. The van der Waals surface area contributed by atoms with Crippen LogP contribution in [0.3, 0.4) is 0 Å². The van der Waals surface area contributed by atoms with Crippen LogP contribution in [-0.2, 0) is 0 Å². The third kappa shape index (κ3) is 1.32. The van der Waals surface area contributed by atoms with Crippen LogP contribution in [0.15, 0.2) is 4.99 Å². The zero-order valence-corrected chi connectivity index (χ0v) is 7.15. The Hall–Kier alpha value is -0.730. The van der Waals surface area contributed by atoms with Crippen molar-refractivity contribution in [2.24, 2.45) is 10.4 Å². The van der Waals surface area contributed by atoms with Crippen molar-refractivity contribution >= 4 is 5.96 Å². The minimum absolute atomic E-state index is 0.493. The molecule has 2 aliphatic rings. The Morgan fingerprint density at radius 2 is 2.36 bits per heavy atom. The maximum atomic E-state index is 4.28. The lowest BCUT2D eigenvalue weighted by Crippen LogP contribution is -2.36. The molecule has 0 aromatic rings. The van der Waals surface area contributed by atoms with Gasteiger partial charge in [-0.3, -0.25) is 4.99 Å². The van der Waals surface area contributed by atoms with Gasteiger partial charge in [0, 0.05) is 12.6 Å². The first-order chi connectivity index (χ1) is 5.18. The lowest BCUT2D eigenvalue weighted by molar-refractivity contribution is 0.592. The molecular weight excluding hydrogens is 138 g/mol. The molecular formula is C8H15N3. The lowest BCUT2D eigenvalue weighted by Gasteiger charge is -2.07. The fraction of sp³-hybridized carbons (Fsp3) is 0.875. The molecule has 0 aromatic heterocycles. The average molecular weight is 153 g/mol. The summed E-state index contributed by atoms with van der Waals surface area (Å²) in [4.78, 5) is 4.28. The second kappa shape index (κ2) is 2.13. The molecule has 62 valence electrons. The Morgan fingerprint density at radius 1 is 1.64 bits per heavy atom. The van der Waals surface area contributed by atoms with Gasteiger partial charge in [-0.2, -0.15) is 0 Å². The van der Waals surface area contributed by atoms with E-state index in [1.807, 2.05) is 0 Å². The van der Waals surface area contributed by atoms with Gasteiger partial charge >= 0.3 is 0 Å². The van der Waals surface area contributed by atoms with Gasteiger partial charge in [0.25, 0.3) is 0 Å². The van der Waals surface area contributed by atoms with Crippen LogP contribution in [0.1, 0.15) is 20.3 Å². The first-order valence-corrected chi connectivity index (χ1v) is 4.23. The van der Waals surface area contributed by atoms with Gasteiger partial charge in [-0.1, -0.05) is 13.8 Å². The molecule has 0 amide bonds. The van der Waals surface area contributed by atoms with Crippen molar-refractivity contribution in [2.45, 2.75) is 26.3 Å². The fourth-order valence-electron chi connectivity index (χ4n) is 1.37. The van der Waals surface area contributed by atoms with E-state index in [1.165, 1.54) is 6.42 Å². The summed E-state index contributed by atoms with van der Waals surface area (Å²) >= 11 is 0. The number of nitrogens with one attached hydrogen (secondary N) is 2. The van der Waals surface area contributed by atoms with Crippen LogP contribution < -0.4 is 10.6 Å². The largest absolute Gasteiger partial charge is 0.355 e. The SMILES string of the molecule is CC1(C)CC1NC1=NCCN1. The minimum atomic E-state index is 0.493. The van der Waals surface area contributed by atoms with Gasteiger partial charge in [-0.25, -0.2) is 0 Å². The van der Waals surface area contributed by atoms with Crippen LogP contribution in [0, 0.1) is 5.41 Å². The highest BCUT2D eigenvalue weighted by atomic mass is 15.2. The number of aliphatic imine (C=N–C) groups is 1. The summed E-state index contributed by atoms with van der Waals surface area (Å²) in [6, 6.07) is 0.645. The highest BCUT2D eigenvalue weighted by Crippen LogP contribution is 2.44. The lowest BCUT2D eigenvalue weighted by atomic mass is 10.2. The van der Waals surface area contributed by atoms with E-state index in [4.69, 9.17) is 0 Å². The van der Waals surface area contributed by atoms with E-state index in [0.717, 1.165) is 19.0 Å². The fourth-order valence-corrected chi connectivity index (χ4v) is 1.37. The van der Waals surface area contributed by atoms with Crippen molar-refractivity contribution in [3.63, 3.8) is 0 Å². The summed E-state index contributed by atoms with van der Waals surface area (Å²) < 4.78 is 0. The number of hydrogen-bond donors (Lipinski definition) is 2. The molecule has 1 fully saturated rings. The molecule has 1 unspecified atom stereocenters. The van der Waals surface area contributed by atoms with Crippen LogP contribution in [0.25, 0.3) is 0 Å². The van der Waals surface area contributed by atoms with Crippen LogP contribution in [0.4, 0.5) is 0 Å². The van der Waals surface area contributed by atoms with Crippen molar-refractivity contribution in [3.8, 4) is 0 Å². The molecule has 0 spiro atoms. The predicted molar refractivity (Wildman–Crippen MR) is 45.6 cm³/mol. The molecule has 2 N–H and O–H groups in total. The zero-order chi connectivity index (χ0) is 7.90. The average Bonchev–Trinajstić information content (AvgIpc) is 2.42. The van der Waals surface area contributed by atoms with E-state index < -0.39 is 0 Å². The highest BCUT2D eigenvalue weighted by Gasteiger charge is 2.46. The Morgan fingerprint density at radius 3 is 2.82 bits per heavy atom. The van der Waals surface area contributed by atoms with E-state index in [2.05, 4.69) is 29.5 Å². The first-order valence-electron chi connectivity index (χ1n) is 4.23. The van der Waals surface area contributed by atoms with E-state index >= 15 is 0 Å². The molecule has 3 heteroatoms. The topological polar surface area (TPSA) is 36.4 Å². The molecule has 0 aromatic carbocycles. The van der Waals surface area contributed by atoms with Gasteiger partial charge < -0.3 is 10.6 Å². The van der Waals surface area contributed by atoms with Crippen LogP contribution in [0.5, 0.6) is 0 Å². The van der Waals surface area contributed by atoms with Gasteiger partial charge in [0.15, 0.2) is 5.96 Å². The molecule has 2 rings (SSSR count). The number of rotatable bonds is 1. The third-order valence-corrected chi connectivity index (χ3v) is 2.50. The zero-order valence-electron chi connectivity index (χ0n) is 7.15. The number of hydrogen-bond acceptors (Lipinski definition) is 3. The van der Waals surface area contributed by atoms with Gasteiger partial charge in [-0.05, 0) is 11.8 Å². The summed E-state index contributed by atoms with van der Waals surface area (Å²) in [5, 5.41) is 6.59. The van der Waals surface area contributed by atoms with Crippen molar-refractivity contribution in [2.75, 3.05) is 13.1 Å². The monoisotopic (exact) mass is 153 g/mol. The summed E-state index contributed by atoms with van der Waals surface area (Å²) in [6.45, 7) is 6.48. The molecule has 1 aliphatic heterocycles. The minimum Gasteiger partial charge on any atom is -0.355 e. The van der Waals surface area contributed by atoms with Crippen LogP contribution >= 0.6 is 0 Å². The molecule has 1 atom stereocenters. The Kier molecular flexibility index (Phi) is 1.34. The summed E-state index contributed by atoms with van der Waals surface area (Å²) in [5.41, 5.74) is 0.493. The van der Waals surface area contributed by atoms with E-state index in [9.17, 15) is 0 Å². The molecule has 0 bridgehead atoms. The molecule has 0 saturated heterocycles. The Labute approximate surface area is 67.3 Å². The summed E-state index contributed by atoms with van der Waals surface area (Å²) in [7, 11) is 0. The van der Waals surface area contributed by atoms with E-state index in [-0.39, 0.29) is 0 Å². The second-order valence-electron chi connectivity index (χ2n) is 4.05. The second-order valence-corrected chi connectivity index (χ2v) is 4.05. The van der Waals surface area contributed by atoms with E-state index in [1.54, 1.807) is 0 Å². The highest BCUT2D eigenvalue weighted by molar-refractivity contribution is 5.81. The first kappa shape index (κ1) is 6.95. The van der Waals surface area contributed by atoms with Crippen molar-refractivity contribution in [1.29, 1.82) is 0 Å². The van der Waals surface area contributed by atoms with Crippen molar-refractivity contribution in [1.82, 2.24) is 10.6 Å². The summed E-state index contributed by atoms with van der Waals surface area (Å²) in [6.07, 6.45) is 1.27. The Balaban J connectivity index is 1.83. The van der Waals surface area contributed by atoms with Gasteiger partial charge in [0.2, 0.25) is 0 Å². The van der Waals surface area contributed by atoms with Crippen LogP contribution in [0.2, 0.25) is 0 Å². The smallest absolute Gasteiger partial charge is 0.191 e. The Bertz CT molecular complexity index is 196. The van der Waals surface area contributed by atoms with Gasteiger partial charge in [0.1, 0.15) is 0 Å². The maximum absolute atomic E-state index is 4.28. The summed E-state index contributed by atoms with van der Waals surface area (Å²) in [5.74, 6) is 1.00. The van der Waals surface area contributed by atoms with Crippen molar-refractivity contribution < 1.29 is 0 Å². The predicted octanol–water partition coefficient (Wildman–Crippen LogP) is 0.334. The van der Waals surface area contributed by atoms with Gasteiger partial charge in [0.05, 0.1) is 6.54 Å².